The third kappa shape index (κ3) is 2.91. The maximum atomic E-state index is 12.0. The molecule has 0 spiro atoms. The molecule has 0 radical (unpaired) electrons. The Kier molecular flexibility index (Phi) is 4.24. The lowest BCUT2D eigenvalue weighted by Crippen LogP contribution is -2.38. The van der Waals surface area contributed by atoms with E-state index >= 15 is 0 Å². The number of fused-ring (bicyclic) bond motifs is 1. The molecule has 0 N–H and O–H groups in total. The van der Waals surface area contributed by atoms with E-state index < -0.39 is 0 Å². The molecule has 3 heterocycles. The Labute approximate surface area is 142 Å². The molecule has 6 heteroatoms. The highest BCUT2D eigenvalue weighted by molar-refractivity contribution is 5.80. The maximum Gasteiger partial charge on any atom is 0.223 e. The van der Waals surface area contributed by atoms with Crippen LogP contribution in [0, 0.1) is 0 Å². The van der Waals surface area contributed by atoms with Gasteiger partial charge in [-0.05, 0) is 12.1 Å². The lowest BCUT2D eigenvalue weighted by Gasteiger charge is -2.27. The monoisotopic (exact) mass is 328 g/mol. The van der Waals surface area contributed by atoms with Crippen molar-refractivity contribution in [1.82, 2.24) is 19.4 Å². The number of likely N-dealkylation sites (N-methyl/N-ethyl adjacent to an activating group) is 1. The summed E-state index contributed by atoms with van der Waals surface area (Å²) in [6.45, 7) is 6.29. The topological polar surface area (TPSA) is 50.6 Å². The number of likely N-dealkylation sites (tertiary alicyclic amines) is 1. The number of ether oxygens (including phenoxy) is 1. The van der Waals surface area contributed by atoms with Crippen LogP contribution in [0.4, 0.5) is 0 Å². The molecule has 0 bridgehead atoms. The van der Waals surface area contributed by atoms with Gasteiger partial charge >= 0.3 is 0 Å². The summed E-state index contributed by atoms with van der Waals surface area (Å²) in [5, 5.41) is 0. The zero-order valence-electron chi connectivity index (χ0n) is 14.1. The van der Waals surface area contributed by atoms with Gasteiger partial charge in [0.15, 0.2) is 0 Å². The predicted octanol–water partition coefficient (Wildman–Crippen LogP) is 1.31. The fourth-order valence-electron chi connectivity index (χ4n) is 3.74. The Morgan fingerprint density at radius 1 is 1.21 bits per heavy atom. The molecule has 6 nitrogen and oxygen atoms in total. The van der Waals surface area contributed by atoms with Crippen molar-refractivity contribution in [3.05, 3.63) is 30.1 Å². The van der Waals surface area contributed by atoms with E-state index in [-0.39, 0.29) is 11.8 Å². The van der Waals surface area contributed by atoms with Crippen LogP contribution in [0.3, 0.4) is 0 Å². The number of hydrogen-bond acceptors (Lipinski definition) is 4. The van der Waals surface area contributed by atoms with E-state index in [1.807, 2.05) is 18.0 Å². The summed E-state index contributed by atoms with van der Waals surface area (Å²) < 4.78 is 7.75. The van der Waals surface area contributed by atoms with E-state index in [9.17, 15) is 4.79 Å². The molecular weight excluding hydrogens is 304 g/mol. The normalized spacial score (nSPS) is 22.6. The van der Waals surface area contributed by atoms with Crippen molar-refractivity contribution in [2.45, 2.75) is 18.9 Å². The van der Waals surface area contributed by atoms with Gasteiger partial charge in [0.05, 0.1) is 24.2 Å². The summed E-state index contributed by atoms with van der Waals surface area (Å²) in [7, 11) is 1.88. The largest absolute Gasteiger partial charge is 0.379 e. The third-order valence-corrected chi connectivity index (χ3v) is 5.13. The van der Waals surface area contributed by atoms with E-state index in [0.717, 1.165) is 57.3 Å². The average Bonchev–Trinajstić information content (AvgIpc) is 3.14. The summed E-state index contributed by atoms with van der Waals surface area (Å²) >= 11 is 0. The van der Waals surface area contributed by atoms with Gasteiger partial charge in [0.1, 0.15) is 5.82 Å². The van der Waals surface area contributed by atoms with Crippen LogP contribution < -0.4 is 0 Å². The maximum absolute atomic E-state index is 12.0. The van der Waals surface area contributed by atoms with Crippen molar-refractivity contribution in [1.29, 1.82) is 0 Å². The number of para-hydroxylation sites is 2. The van der Waals surface area contributed by atoms with Crippen molar-refractivity contribution in [3.63, 3.8) is 0 Å². The number of imidazole rings is 1. The van der Waals surface area contributed by atoms with Crippen molar-refractivity contribution in [3.8, 4) is 0 Å². The van der Waals surface area contributed by atoms with Gasteiger partial charge in [-0.15, -0.1) is 0 Å². The molecule has 0 aliphatic carbocycles. The first-order valence-corrected chi connectivity index (χ1v) is 8.71. The quantitative estimate of drug-likeness (QED) is 0.849. The van der Waals surface area contributed by atoms with Gasteiger partial charge in [0, 0.05) is 52.1 Å². The SMILES string of the molecule is CN1C[C@@H](c2nc3ccccc3n2CCN2CCOCC2)CC1=O. The van der Waals surface area contributed by atoms with Crippen molar-refractivity contribution in [2.75, 3.05) is 46.4 Å². The summed E-state index contributed by atoms with van der Waals surface area (Å²) in [4.78, 5) is 21.1. The molecule has 4 rings (SSSR count). The van der Waals surface area contributed by atoms with Crippen molar-refractivity contribution < 1.29 is 9.53 Å². The smallest absolute Gasteiger partial charge is 0.223 e. The Hall–Kier alpha value is -1.92. The van der Waals surface area contributed by atoms with Gasteiger partial charge in [0.25, 0.3) is 0 Å². The Bertz CT molecular complexity index is 736. The van der Waals surface area contributed by atoms with Gasteiger partial charge in [-0.25, -0.2) is 4.98 Å². The first kappa shape index (κ1) is 15.6. The minimum absolute atomic E-state index is 0.194. The lowest BCUT2D eigenvalue weighted by atomic mass is 10.1. The first-order chi connectivity index (χ1) is 11.7. The number of aromatic nitrogens is 2. The number of carbonyl (C=O) groups is 1. The van der Waals surface area contributed by atoms with E-state index in [4.69, 9.17) is 9.72 Å². The molecule has 2 aliphatic rings. The minimum Gasteiger partial charge on any atom is -0.379 e. The molecule has 0 unspecified atom stereocenters. The first-order valence-electron chi connectivity index (χ1n) is 8.71. The van der Waals surface area contributed by atoms with Gasteiger partial charge < -0.3 is 14.2 Å². The van der Waals surface area contributed by atoms with E-state index in [2.05, 4.69) is 27.7 Å². The molecule has 1 aromatic carbocycles. The Balaban J connectivity index is 1.61. The van der Waals surface area contributed by atoms with Crippen LogP contribution in [-0.4, -0.2) is 71.7 Å². The summed E-state index contributed by atoms with van der Waals surface area (Å²) in [5.74, 6) is 1.47. The Morgan fingerprint density at radius 2 is 2.00 bits per heavy atom. The summed E-state index contributed by atoms with van der Waals surface area (Å²) in [6.07, 6.45) is 0.567. The molecule has 2 fully saturated rings. The molecule has 1 atom stereocenters. The second kappa shape index (κ2) is 6.53. The number of benzene rings is 1. The van der Waals surface area contributed by atoms with Crippen LogP contribution in [0.1, 0.15) is 18.2 Å². The molecule has 1 amide bonds. The van der Waals surface area contributed by atoms with Gasteiger partial charge in [0.2, 0.25) is 5.91 Å². The highest BCUT2D eigenvalue weighted by Crippen LogP contribution is 2.29. The summed E-state index contributed by atoms with van der Waals surface area (Å²) in [5.41, 5.74) is 2.19. The van der Waals surface area contributed by atoms with Crippen LogP contribution in [0.25, 0.3) is 11.0 Å². The van der Waals surface area contributed by atoms with Gasteiger partial charge in [-0.1, -0.05) is 12.1 Å². The second-order valence-corrected chi connectivity index (χ2v) is 6.74. The molecule has 2 aromatic rings. The fraction of sp³-hybridized carbons (Fsp3) is 0.556. The lowest BCUT2D eigenvalue weighted by molar-refractivity contribution is -0.126. The van der Waals surface area contributed by atoms with Crippen LogP contribution in [0.15, 0.2) is 24.3 Å². The van der Waals surface area contributed by atoms with Crippen LogP contribution >= 0.6 is 0 Å². The molecule has 24 heavy (non-hydrogen) atoms. The average molecular weight is 328 g/mol. The number of rotatable bonds is 4. The predicted molar refractivity (Wildman–Crippen MR) is 92.0 cm³/mol. The molecule has 1 aromatic heterocycles. The number of morpholine rings is 1. The molecule has 0 saturated carbocycles. The zero-order valence-corrected chi connectivity index (χ0v) is 14.1. The number of carbonyl (C=O) groups excluding carboxylic acids is 1. The standard InChI is InChI=1S/C18H24N4O2/c1-20-13-14(12-17(20)23)18-19-15-4-2-3-5-16(15)22(18)7-6-21-8-10-24-11-9-21/h2-5,14H,6-13H2,1H3/t14-/m0/s1. The van der Waals surface area contributed by atoms with E-state index in [0.29, 0.717) is 6.42 Å². The van der Waals surface area contributed by atoms with Crippen molar-refractivity contribution >= 4 is 16.9 Å². The Morgan fingerprint density at radius 3 is 2.75 bits per heavy atom. The summed E-state index contributed by atoms with van der Waals surface area (Å²) in [6, 6.07) is 8.28. The second-order valence-electron chi connectivity index (χ2n) is 6.74. The van der Waals surface area contributed by atoms with Crippen LogP contribution in [0.2, 0.25) is 0 Å². The number of hydrogen-bond donors (Lipinski definition) is 0. The highest BCUT2D eigenvalue weighted by atomic mass is 16.5. The number of nitrogens with zero attached hydrogens (tertiary/aromatic N) is 4. The van der Waals surface area contributed by atoms with Crippen LogP contribution in [0.5, 0.6) is 0 Å². The molecule has 128 valence electrons. The van der Waals surface area contributed by atoms with Gasteiger partial charge in [-0.3, -0.25) is 9.69 Å². The van der Waals surface area contributed by atoms with Gasteiger partial charge in [-0.2, -0.15) is 0 Å². The molecular formula is C18H24N4O2. The minimum atomic E-state index is 0.194. The molecule has 2 aliphatic heterocycles. The number of amides is 1. The fourth-order valence-corrected chi connectivity index (χ4v) is 3.74. The molecule has 2 saturated heterocycles. The zero-order chi connectivity index (χ0) is 16.5. The highest BCUT2D eigenvalue weighted by Gasteiger charge is 2.31. The van der Waals surface area contributed by atoms with E-state index in [1.165, 1.54) is 5.52 Å². The third-order valence-electron chi connectivity index (χ3n) is 5.13. The van der Waals surface area contributed by atoms with E-state index in [1.54, 1.807) is 0 Å². The van der Waals surface area contributed by atoms with Crippen LogP contribution in [-0.2, 0) is 16.1 Å². The van der Waals surface area contributed by atoms with Crippen molar-refractivity contribution in [2.24, 2.45) is 0 Å².